The monoisotopic (exact) mass is 245 g/mol. The SMILES string of the molecule is c1csc(-c2cncc(N3CCNCC3)c2)c1. The van der Waals surface area contributed by atoms with Crippen molar-refractivity contribution in [2.45, 2.75) is 0 Å². The van der Waals surface area contributed by atoms with Gasteiger partial charge in [-0.25, -0.2) is 0 Å². The molecule has 1 N–H and O–H groups in total. The van der Waals surface area contributed by atoms with Gasteiger partial charge in [0, 0.05) is 42.8 Å². The second-order valence-corrected chi connectivity index (χ2v) is 5.09. The van der Waals surface area contributed by atoms with Gasteiger partial charge in [0.25, 0.3) is 0 Å². The molecule has 2 aromatic heterocycles. The highest BCUT2D eigenvalue weighted by molar-refractivity contribution is 7.13. The summed E-state index contributed by atoms with van der Waals surface area (Å²) < 4.78 is 0. The number of hydrogen-bond donors (Lipinski definition) is 1. The molecule has 0 aromatic carbocycles. The maximum absolute atomic E-state index is 4.36. The highest BCUT2D eigenvalue weighted by Gasteiger charge is 2.11. The van der Waals surface area contributed by atoms with Crippen LogP contribution in [0.1, 0.15) is 0 Å². The predicted octanol–water partition coefficient (Wildman–Crippen LogP) is 2.22. The van der Waals surface area contributed by atoms with Gasteiger partial charge in [0.05, 0.1) is 11.9 Å². The van der Waals surface area contributed by atoms with Crippen molar-refractivity contribution >= 4 is 17.0 Å². The Morgan fingerprint density at radius 2 is 2.12 bits per heavy atom. The number of aromatic nitrogens is 1. The number of anilines is 1. The Morgan fingerprint density at radius 1 is 1.24 bits per heavy atom. The third-order valence-electron chi connectivity index (χ3n) is 3.01. The van der Waals surface area contributed by atoms with Crippen LogP contribution in [0.15, 0.2) is 36.0 Å². The molecule has 1 aliphatic rings. The van der Waals surface area contributed by atoms with E-state index in [0.29, 0.717) is 0 Å². The van der Waals surface area contributed by atoms with Gasteiger partial charge in [0.15, 0.2) is 0 Å². The first-order valence-corrected chi connectivity index (χ1v) is 6.76. The van der Waals surface area contributed by atoms with E-state index in [1.807, 2.05) is 12.4 Å². The van der Waals surface area contributed by atoms with Crippen LogP contribution < -0.4 is 10.2 Å². The van der Waals surface area contributed by atoms with E-state index in [0.717, 1.165) is 26.2 Å². The van der Waals surface area contributed by atoms with E-state index < -0.39 is 0 Å². The Hall–Kier alpha value is -1.39. The van der Waals surface area contributed by atoms with Crippen LogP contribution in [0.3, 0.4) is 0 Å². The molecule has 3 rings (SSSR count). The lowest BCUT2D eigenvalue weighted by molar-refractivity contribution is 0.589. The summed E-state index contributed by atoms with van der Waals surface area (Å²) in [5.41, 5.74) is 2.45. The summed E-state index contributed by atoms with van der Waals surface area (Å²) in [5.74, 6) is 0. The van der Waals surface area contributed by atoms with Crippen LogP contribution in [-0.4, -0.2) is 31.2 Å². The van der Waals surface area contributed by atoms with Crippen molar-refractivity contribution in [2.75, 3.05) is 31.1 Å². The Labute approximate surface area is 105 Å². The summed E-state index contributed by atoms with van der Waals surface area (Å²) in [6.07, 6.45) is 3.90. The molecule has 4 heteroatoms. The van der Waals surface area contributed by atoms with Crippen LogP contribution in [0, 0.1) is 0 Å². The number of nitrogens with zero attached hydrogens (tertiary/aromatic N) is 2. The minimum absolute atomic E-state index is 1.06. The Morgan fingerprint density at radius 3 is 2.88 bits per heavy atom. The molecule has 0 spiro atoms. The van der Waals surface area contributed by atoms with Gasteiger partial charge in [-0.05, 0) is 17.5 Å². The zero-order valence-electron chi connectivity index (χ0n) is 9.60. The van der Waals surface area contributed by atoms with E-state index in [1.54, 1.807) is 11.3 Å². The molecule has 3 nitrogen and oxygen atoms in total. The molecule has 0 aliphatic carbocycles. The molecule has 1 fully saturated rings. The van der Waals surface area contributed by atoms with Gasteiger partial charge in [-0.15, -0.1) is 11.3 Å². The van der Waals surface area contributed by atoms with Gasteiger partial charge >= 0.3 is 0 Å². The van der Waals surface area contributed by atoms with E-state index in [2.05, 4.69) is 38.8 Å². The van der Waals surface area contributed by atoms with E-state index in [-0.39, 0.29) is 0 Å². The molecule has 0 unspecified atom stereocenters. The lowest BCUT2D eigenvalue weighted by Crippen LogP contribution is -2.43. The minimum Gasteiger partial charge on any atom is -0.368 e. The van der Waals surface area contributed by atoms with E-state index in [4.69, 9.17) is 0 Å². The highest BCUT2D eigenvalue weighted by atomic mass is 32.1. The number of piperazine rings is 1. The number of rotatable bonds is 2. The average molecular weight is 245 g/mol. The average Bonchev–Trinajstić information content (AvgIpc) is 2.94. The smallest absolute Gasteiger partial charge is 0.0560 e. The fourth-order valence-corrected chi connectivity index (χ4v) is 2.81. The first-order valence-electron chi connectivity index (χ1n) is 5.88. The molecule has 2 aromatic rings. The van der Waals surface area contributed by atoms with Crippen molar-refractivity contribution in [3.05, 3.63) is 36.0 Å². The first-order chi connectivity index (χ1) is 8.43. The van der Waals surface area contributed by atoms with E-state index >= 15 is 0 Å². The molecule has 0 atom stereocenters. The minimum atomic E-state index is 1.06. The van der Waals surface area contributed by atoms with Gasteiger partial charge in [0.2, 0.25) is 0 Å². The fraction of sp³-hybridized carbons (Fsp3) is 0.308. The largest absolute Gasteiger partial charge is 0.368 e. The standard InChI is InChI=1S/C13H15N3S/c1-2-13(17-7-1)11-8-12(10-15-9-11)16-5-3-14-4-6-16/h1-2,7-10,14H,3-6H2. The first kappa shape index (κ1) is 10.7. The van der Waals surface area contributed by atoms with Crippen LogP contribution >= 0.6 is 11.3 Å². The van der Waals surface area contributed by atoms with Crippen LogP contribution in [0.25, 0.3) is 10.4 Å². The molecule has 0 radical (unpaired) electrons. The summed E-state index contributed by atoms with van der Waals surface area (Å²) >= 11 is 1.76. The molecule has 17 heavy (non-hydrogen) atoms. The number of hydrogen-bond acceptors (Lipinski definition) is 4. The predicted molar refractivity (Wildman–Crippen MR) is 72.6 cm³/mol. The molecular weight excluding hydrogens is 230 g/mol. The molecule has 1 saturated heterocycles. The highest BCUT2D eigenvalue weighted by Crippen LogP contribution is 2.27. The number of nitrogens with one attached hydrogen (secondary N) is 1. The van der Waals surface area contributed by atoms with Gasteiger partial charge in [-0.2, -0.15) is 0 Å². The number of thiophene rings is 1. The molecule has 1 aliphatic heterocycles. The van der Waals surface area contributed by atoms with Crippen molar-refractivity contribution in [1.82, 2.24) is 10.3 Å². The van der Waals surface area contributed by atoms with Crippen LogP contribution in [0.5, 0.6) is 0 Å². The van der Waals surface area contributed by atoms with Gasteiger partial charge in [-0.1, -0.05) is 6.07 Å². The third kappa shape index (κ3) is 2.33. The quantitative estimate of drug-likeness (QED) is 0.879. The van der Waals surface area contributed by atoms with Crippen LogP contribution in [0.2, 0.25) is 0 Å². The summed E-state index contributed by atoms with van der Waals surface area (Å²) in [5, 5.41) is 5.47. The van der Waals surface area contributed by atoms with Crippen LogP contribution in [-0.2, 0) is 0 Å². The zero-order valence-corrected chi connectivity index (χ0v) is 10.4. The van der Waals surface area contributed by atoms with Gasteiger partial charge in [-0.3, -0.25) is 4.98 Å². The molecule has 0 bridgehead atoms. The normalized spacial score (nSPS) is 16.1. The molecule has 0 saturated carbocycles. The third-order valence-corrected chi connectivity index (χ3v) is 3.93. The van der Waals surface area contributed by atoms with Gasteiger partial charge in [0.1, 0.15) is 0 Å². The Balaban J connectivity index is 1.88. The van der Waals surface area contributed by atoms with E-state index in [9.17, 15) is 0 Å². The van der Waals surface area contributed by atoms with Crippen molar-refractivity contribution in [3.63, 3.8) is 0 Å². The zero-order chi connectivity index (χ0) is 11.5. The summed E-state index contributed by atoms with van der Waals surface area (Å²) in [6.45, 7) is 4.25. The Bertz CT molecular complexity index is 475. The second kappa shape index (κ2) is 4.85. The van der Waals surface area contributed by atoms with Crippen LogP contribution in [0.4, 0.5) is 5.69 Å². The number of pyridine rings is 1. The summed E-state index contributed by atoms with van der Waals surface area (Å²) in [4.78, 5) is 8.04. The fourth-order valence-electron chi connectivity index (χ4n) is 2.10. The van der Waals surface area contributed by atoms with Gasteiger partial charge < -0.3 is 10.2 Å². The van der Waals surface area contributed by atoms with Crippen molar-refractivity contribution < 1.29 is 0 Å². The molecule has 0 amide bonds. The summed E-state index contributed by atoms with van der Waals surface area (Å²) in [7, 11) is 0. The second-order valence-electron chi connectivity index (χ2n) is 4.15. The molecule has 3 heterocycles. The summed E-state index contributed by atoms with van der Waals surface area (Å²) in [6, 6.07) is 6.46. The maximum Gasteiger partial charge on any atom is 0.0560 e. The topological polar surface area (TPSA) is 28.2 Å². The molecular formula is C13H15N3S. The van der Waals surface area contributed by atoms with Crippen molar-refractivity contribution in [3.8, 4) is 10.4 Å². The molecule has 88 valence electrons. The van der Waals surface area contributed by atoms with Crippen molar-refractivity contribution in [2.24, 2.45) is 0 Å². The Kier molecular flexibility index (Phi) is 3.07. The lowest BCUT2D eigenvalue weighted by Gasteiger charge is -2.29. The lowest BCUT2D eigenvalue weighted by atomic mass is 10.2. The maximum atomic E-state index is 4.36. The van der Waals surface area contributed by atoms with Crippen molar-refractivity contribution in [1.29, 1.82) is 0 Å². The van der Waals surface area contributed by atoms with E-state index in [1.165, 1.54) is 16.1 Å².